The van der Waals surface area contributed by atoms with Gasteiger partial charge in [-0.2, -0.15) is 0 Å². The lowest BCUT2D eigenvalue weighted by Gasteiger charge is -2.46. The van der Waals surface area contributed by atoms with Gasteiger partial charge in [-0.1, -0.05) is 32.0 Å². The normalized spacial score (nSPS) is 41.8. The van der Waals surface area contributed by atoms with Crippen LogP contribution in [-0.4, -0.2) is 11.0 Å². The lowest BCUT2D eigenvalue weighted by atomic mass is 9.67. The molecule has 0 aromatic rings. The van der Waals surface area contributed by atoms with E-state index >= 15 is 0 Å². The third-order valence-electron chi connectivity index (χ3n) is 3.59. The number of hydrogen-bond acceptors (Lipinski definition) is 1. The molecular weight excluding hydrogens is 166 g/mol. The van der Waals surface area contributed by atoms with Crippen LogP contribution in [0.4, 0.5) is 0 Å². The molecule has 1 heterocycles. The van der Waals surface area contributed by atoms with Crippen molar-refractivity contribution in [3.8, 4) is 0 Å². The molecule has 0 aromatic carbocycles. The molecule has 12 heavy (non-hydrogen) atoms. The Balaban J connectivity index is 2.11. The van der Waals surface area contributed by atoms with Crippen molar-refractivity contribution in [2.24, 2.45) is 5.41 Å². The fourth-order valence-electron chi connectivity index (χ4n) is 2.61. The molecule has 0 unspecified atom stereocenters. The molecule has 0 spiro atoms. The molecule has 1 aliphatic carbocycles. The molecule has 0 radical (unpaired) electrons. The van der Waals surface area contributed by atoms with Crippen LogP contribution in [0.15, 0.2) is 0 Å². The Kier molecular flexibility index (Phi) is 2.11. The first-order chi connectivity index (χ1) is 5.71. The first kappa shape index (κ1) is 8.49. The van der Waals surface area contributed by atoms with Crippen molar-refractivity contribution in [3.05, 3.63) is 0 Å². The molecule has 1 N–H and O–H groups in total. The molecule has 0 amide bonds. The Morgan fingerprint density at radius 2 is 2.25 bits per heavy atom. The predicted octanol–water partition coefficient (Wildman–Crippen LogP) is 2.65. The number of nitrogens with one attached hydrogen (secondary N) is 1. The van der Waals surface area contributed by atoms with Crippen LogP contribution in [0.3, 0.4) is 0 Å². The second kappa shape index (κ2) is 2.99. The smallest absolute Gasteiger partial charge is 0.0755 e. The molecule has 2 fully saturated rings. The Morgan fingerprint density at radius 3 is 3.08 bits per heavy atom. The van der Waals surface area contributed by atoms with E-state index in [4.69, 9.17) is 12.2 Å². The maximum atomic E-state index is 5.21. The molecule has 2 aliphatic rings. The summed E-state index contributed by atoms with van der Waals surface area (Å²) in [6.07, 6.45) is 7.95. The summed E-state index contributed by atoms with van der Waals surface area (Å²) in [4.78, 5) is 1.10. The van der Waals surface area contributed by atoms with Crippen LogP contribution in [0.1, 0.15) is 45.4 Å². The van der Waals surface area contributed by atoms with Gasteiger partial charge in [0, 0.05) is 6.04 Å². The van der Waals surface area contributed by atoms with Crippen LogP contribution in [0.2, 0.25) is 0 Å². The summed E-state index contributed by atoms with van der Waals surface area (Å²) in [5, 5.41) is 3.49. The predicted molar refractivity (Wildman–Crippen MR) is 55.3 cm³/mol. The maximum absolute atomic E-state index is 5.21. The highest BCUT2D eigenvalue weighted by molar-refractivity contribution is 7.80. The van der Waals surface area contributed by atoms with Crippen molar-refractivity contribution < 1.29 is 0 Å². The molecule has 1 aliphatic heterocycles. The SMILES string of the molecule is C[C@]12CCCC[C@H]1NC(=S)CC2. The number of hydrogen-bond donors (Lipinski definition) is 1. The number of fused-ring (bicyclic) bond motifs is 1. The molecule has 2 heteroatoms. The third-order valence-corrected chi connectivity index (χ3v) is 3.91. The third kappa shape index (κ3) is 1.37. The first-order valence-electron chi connectivity index (χ1n) is 5.00. The zero-order valence-corrected chi connectivity index (χ0v) is 8.54. The van der Waals surface area contributed by atoms with Crippen molar-refractivity contribution in [1.82, 2.24) is 5.32 Å². The molecule has 1 nitrogen and oxygen atoms in total. The van der Waals surface area contributed by atoms with E-state index in [1.165, 1.54) is 32.1 Å². The lowest BCUT2D eigenvalue weighted by molar-refractivity contribution is 0.138. The average Bonchev–Trinajstić information content (AvgIpc) is 2.06. The van der Waals surface area contributed by atoms with Crippen molar-refractivity contribution in [2.45, 2.75) is 51.5 Å². The van der Waals surface area contributed by atoms with E-state index in [2.05, 4.69) is 12.2 Å². The Labute approximate surface area is 79.9 Å². The van der Waals surface area contributed by atoms with Gasteiger partial charge in [0.15, 0.2) is 0 Å². The van der Waals surface area contributed by atoms with Crippen LogP contribution in [0, 0.1) is 5.41 Å². The van der Waals surface area contributed by atoms with Gasteiger partial charge in [-0.05, 0) is 31.1 Å². The molecule has 0 bridgehead atoms. The van der Waals surface area contributed by atoms with Crippen molar-refractivity contribution >= 4 is 17.2 Å². The fraction of sp³-hybridized carbons (Fsp3) is 0.900. The van der Waals surface area contributed by atoms with Gasteiger partial charge in [0.1, 0.15) is 0 Å². The minimum absolute atomic E-state index is 0.556. The van der Waals surface area contributed by atoms with E-state index < -0.39 is 0 Å². The van der Waals surface area contributed by atoms with Crippen molar-refractivity contribution in [2.75, 3.05) is 0 Å². The molecule has 2 rings (SSSR count). The molecule has 1 saturated carbocycles. The zero-order valence-electron chi connectivity index (χ0n) is 7.73. The van der Waals surface area contributed by atoms with Gasteiger partial charge in [0.05, 0.1) is 4.99 Å². The Bertz CT molecular complexity index is 202. The van der Waals surface area contributed by atoms with Gasteiger partial charge >= 0.3 is 0 Å². The summed E-state index contributed by atoms with van der Waals surface area (Å²) in [5.41, 5.74) is 0.556. The number of piperidine rings is 1. The highest BCUT2D eigenvalue weighted by Crippen LogP contribution is 2.42. The summed E-state index contributed by atoms with van der Waals surface area (Å²) >= 11 is 5.21. The molecule has 1 saturated heterocycles. The second-order valence-corrected chi connectivity index (χ2v) is 5.01. The summed E-state index contributed by atoms with van der Waals surface area (Å²) in [6.45, 7) is 2.42. The van der Waals surface area contributed by atoms with E-state index in [-0.39, 0.29) is 0 Å². The van der Waals surface area contributed by atoms with Gasteiger partial charge in [0.25, 0.3) is 0 Å². The van der Waals surface area contributed by atoms with E-state index in [0.29, 0.717) is 11.5 Å². The Hall–Kier alpha value is -0.110. The van der Waals surface area contributed by atoms with Crippen LogP contribution in [-0.2, 0) is 0 Å². The largest absolute Gasteiger partial charge is 0.376 e. The lowest BCUT2D eigenvalue weighted by Crippen LogP contribution is -2.51. The van der Waals surface area contributed by atoms with Gasteiger partial charge in [-0.25, -0.2) is 0 Å². The second-order valence-electron chi connectivity index (χ2n) is 4.52. The topological polar surface area (TPSA) is 12.0 Å². The quantitative estimate of drug-likeness (QED) is 0.579. The van der Waals surface area contributed by atoms with Crippen LogP contribution in [0.25, 0.3) is 0 Å². The van der Waals surface area contributed by atoms with E-state index in [1.807, 2.05) is 0 Å². The van der Waals surface area contributed by atoms with E-state index in [9.17, 15) is 0 Å². The monoisotopic (exact) mass is 183 g/mol. The van der Waals surface area contributed by atoms with Crippen molar-refractivity contribution in [1.29, 1.82) is 0 Å². The summed E-state index contributed by atoms with van der Waals surface area (Å²) in [7, 11) is 0. The summed E-state index contributed by atoms with van der Waals surface area (Å²) < 4.78 is 0. The number of rotatable bonds is 0. The van der Waals surface area contributed by atoms with Gasteiger partial charge in [0.2, 0.25) is 0 Å². The average molecular weight is 183 g/mol. The van der Waals surface area contributed by atoms with Crippen LogP contribution in [0.5, 0.6) is 0 Å². The van der Waals surface area contributed by atoms with E-state index in [0.717, 1.165) is 11.4 Å². The minimum atomic E-state index is 0.556. The highest BCUT2D eigenvalue weighted by Gasteiger charge is 2.39. The molecule has 0 aromatic heterocycles. The zero-order chi connectivity index (χ0) is 8.60. The van der Waals surface area contributed by atoms with E-state index in [1.54, 1.807) is 0 Å². The van der Waals surface area contributed by atoms with Crippen LogP contribution < -0.4 is 5.32 Å². The number of thiocarbonyl (C=S) groups is 1. The summed E-state index contributed by atoms with van der Waals surface area (Å²) in [5.74, 6) is 0. The summed E-state index contributed by atoms with van der Waals surface area (Å²) in [6, 6.07) is 0.687. The van der Waals surface area contributed by atoms with Crippen molar-refractivity contribution in [3.63, 3.8) is 0 Å². The molecule has 68 valence electrons. The fourth-order valence-corrected chi connectivity index (χ4v) is 2.86. The molecular formula is C10H17NS. The highest BCUT2D eigenvalue weighted by atomic mass is 32.1. The standard InChI is InChI=1S/C10H17NS/c1-10-6-3-2-4-8(10)11-9(12)5-7-10/h8H,2-7H2,1H3,(H,11,12)/t8-,10-/m1/s1. The van der Waals surface area contributed by atoms with Gasteiger partial charge < -0.3 is 5.32 Å². The minimum Gasteiger partial charge on any atom is -0.376 e. The van der Waals surface area contributed by atoms with Gasteiger partial charge in [-0.15, -0.1) is 0 Å². The Morgan fingerprint density at radius 1 is 1.42 bits per heavy atom. The van der Waals surface area contributed by atoms with Gasteiger partial charge in [-0.3, -0.25) is 0 Å². The molecule has 2 atom stereocenters. The maximum Gasteiger partial charge on any atom is 0.0755 e. The van der Waals surface area contributed by atoms with Crippen LogP contribution >= 0.6 is 12.2 Å². The first-order valence-corrected chi connectivity index (χ1v) is 5.41.